The van der Waals surface area contributed by atoms with Gasteiger partial charge in [-0.25, -0.2) is 0 Å². The number of Topliss-reactive ketones (excluding diaryl/α,β-unsaturated/α-hetero) is 4. The van der Waals surface area contributed by atoms with Gasteiger partial charge in [-0.15, -0.1) is 0 Å². The molecule has 1 amide bonds. The molecule has 10 nitrogen and oxygen atoms in total. The molecule has 2 unspecified atom stereocenters. The number of phenolic OH excluding ortho intramolecular Hbond substituents is 1. The molecule has 0 aliphatic heterocycles. The Labute approximate surface area is 230 Å². The number of aromatic hydroxyl groups is 1. The molecule has 3 saturated carbocycles. The zero-order chi connectivity index (χ0) is 28.4. The van der Waals surface area contributed by atoms with Crippen molar-refractivity contribution in [3.8, 4) is 5.75 Å². The maximum Gasteiger partial charge on any atom is 0.235 e. The fraction of sp³-hybridized carbons (Fsp3) is 0.607. The lowest BCUT2D eigenvalue weighted by Gasteiger charge is -2.56. The zero-order valence-corrected chi connectivity index (χ0v) is 22.7. The number of carbonyl (C=O) groups is 5. The van der Waals surface area contributed by atoms with Gasteiger partial charge in [-0.2, -0.15) is 11.8 Å². The molecule has 11 heteroatoms. The highest BCUT2D eigenvalue weighted by Crippen LogP contribution is 2.55. The van der Waals surface area contributed by atoms with E-state index in [1.807, 2.05) is 0 Å². The molecule has 3 fully saturated rings. The predicted molar refractivity (Wildman–Crippen MR) is 141 cm³/mol. The Morgan fingerprint density at radius 2 is 1.77 bits per heavy atom. The Bertz CT molecular complexity index is 1240. The minimum absolute atomic E-state index is 0.0643. The lowest BCUT2D eigenvalue weighted by atomic mass is 9.49. The number of thioether (sulfide) groups is 1. The molecule has 0 spiro atoms. The fourth-order valence-corrected chi connectivity index (χ4v) is 8.99. The molecule has 0 saturated heterocycles. The highest BCUT2D eigenvalue weighted by atomic mass is 32.2. The number of nitrogens with zero attached hydrogens (tertiary/aromatic N) is 1. The van der Waals surface area contributed by atoms with Crippen LogP contribution in [0.25, 0.3) is 0 Å². The number of likely N-dealkylation sites (N-methyl/N-ethyl adjacent to an activating group) is 1. The number of amides is 1. The molecule has 1 aromatic rings. The first-order valence-electron chi connectivity index (χ1n) is 13.4. The van der Waals surface area contributed by atoms with Crippen molar-refractivity contribution in [2.24, 2.45) is 29.4 Å². The summed E-state index contributed by atoms with van der Waals surface area (Å²) in [6.07, 6.45) is 3.82. The van der Waals surface area contributed by atoms with Crippen molar-refractivity contribution in [1.82, 2.24) is 4.90 Å². The van der Waals surface area contributed by atoms with Gasteiger partial charge >= 0.3 is 0 Å². The predicted octanol–water partition coefficient (Wildman–Crippen LogP) is 0.445. The van der Waals surface area contributed by atoms with Crippen LogP contribution in [0.3, 0.4) is 0 Å². The molecule has 5 N–H and O–H groups in total. The Balaban J connectivity index is 1.65. The standard InChI is InChI=1S/C28H34N2O8S/c1-30(2)21-20-23(33)17-14(11-39-12-7-4-3-5-8-12)13-9-6-10-15(31)16(13)22(32)18(17)25(35)28(20,38)26(36)19(24(21)34)27(29)37/h6,9-10,12,14,17-21,23,31,33,38H,3-5,7-8,11H2,1-2H3,(H2,29,37)/t14-,17+,18?,19?,20+,21-,23-,28-/m0/s1. The molecular weight excluding hydrogens is 524 g/mol. The Hall–Kier alpha value is -2.60. The van der Waals surface area contributed by atoms with E-state index in [0.717, 1.165) is 25.7 Å². The Morgan fingerprint density at radius 3 is 2.38 bits per heavy atom. The van der Waals surface area contributed by atoms with Crippen LogP contribution in [0, 0.1) is 23.7 Å². The van der Waals surface area contributed by atoms with E-state index < -0.39 is 76.4 Å². The van der Waals surface area contributed by atoms with Crippen LogP contribution in [0.5, 0.6) is 5.75 Å². The number of primary amides is 1. The molecule has 210 valence electrons. The molecular formula is C28H34N2O8S. The summed E-state index contributed by atoms with van der Waals surface area (Å²) in [5, 5.41) is 34.7. The fourth-order valence-electron chi connectivity index (χ4n) is 7.44. The van der Waals surface area contributed by atoms with E-state index in [0.29, 0.717) is 16.6 Å². The van der Waals surface area contributed by atoms with Crippen molar-refractivity contribution >= 4 is 40.8 Å². The Kier molecular flexibility index (Phi) is 7.24. The van der Waals surface area contributed by atoms with Crippen LogP contribution in [-0.2, 0) is 19.2 Å². The van der Waals surface area contributed by atoms with Gasteiger partial charge < -0.3 is 21.1 Å². The van der Waals surface area contributed by atoms with Crippen molar-refractivity contribution < 1.29 is 39.3 Å². The van der Waals surface area contributed by atoms with Gasteiger partial charge in [0.15, 0.2) is 34.7 Å². The van der Waals surface area contributed by atoms with Crippen LogP contribution in [0.15, 0.2) is 18.2 Å². The number of nitrogens with two attached hydrogens (primary N) is 1. The van der Waals surface area contributed by atoms with E-state index in [1.165, 1.54) is 31.5 Å². The van der Waals surface area contributed by atoms with Gasteiger partial charge in [0.1, 0.15) is 5.75 Å². The molecule has 39 heavy (non-hydrogen) atoms. The minimum atomic E-state index is -2.98. The first kappa shape index (κ1) is 27.9. The maximum atomic E-state index is 14.1. The van der Waals surface area contributed by atoms with E-state index in [2.05, 4.69) is 0 Å². The number of aliphatic hydroxyl groups excluding tert-OH is 1. The number of benzene rings is 1. The highest BCUT2D eigenvalue weighted by Gasteiger charge is 2.73. The third-order valence-electron chi connectivity index (χ3n) is 9.21. The third kappa shape index (κ3) is 4.08. The van der Waals surface area contributed by atoms with E-state index in [9.17, 15) is 39.3 Å². The summed E-state index contributed by atoms with van der Waals surface area (Å²) in [6, 6.07) is 3.25. The summed E-state index contributed by atoms with van der Waals surface area (Å²) < 4.78 is 0. The van der Waals surface area contributed by atoms with Crippen LogP contribution in [0.4, 0.5) is 0 Å². The molecule has 4 aliphatic carbocycles. The number of hydrogen-bond donors (Lipinski definition) is 4. The Morgan fingerprint density at radius 1 is 1.10 bits per heavy atom. The summed E-state index contributed by atoms with van der Waals surface area (Å²) in [6.45, 7) is 0. The van der Waals surface area contributed by atoms with Crippen molar-refractivity contribution in [1.29, 1.82) is 0 Å². The largest absolute Gasteiger partial charge is 0.507 e. The number of hydrogen-bond acceptors (Lipinski definition) is 10. The molecule has 5 rings (SSSR count). The van der Waals surface area contributed by atoms with Gasteiger partial charge in [0.2, 0.25) is 5.91 Å². The van der Waals surface area contributed by atoms with Gasteiger partial charge in [-0.05, 0) is 38.6 Å². The summed E-state index contributed by atoms with van der Waals surface area (Å²) in [7, 11) is 2.96. The average Bonchev–Trinajstić information content (AvgIpc) is 2.88. The average molecular weight is 559 g/mol. The molecule has 0 bridgehead atoms. The van der Waals surface area contributed by atoms with Gasteiger partial charge in [0, 0.05) is 22.8 Å². The van der Waals surface area contributed by atoms with E-state index >= 15 is 0 Å². The molecule has 0 heterocycles. The van der Waals surface area contributed by atoms with Crippen molar-refractivity contribution in [2.75, 3.05) is 19.8 Å². The van der Waals surface area contributed by atoms with Crippen molar-refractivity contribution in [3.05, 3.63) is 29.3 Å². The zero-order valence-electron chi connectivity index (χ0n) is 21.9. The van der Waals surface area contributed by atoms with Crippen LogP contribution in [0.2, 0.25) is 0 Å². The second-order valence-electron chi connectivity index (χ2n) is 11.5. The number of phenols is 1. The second-order valence-corrected chi connectivity index (χ2v) is 12.9. The first-order valence-corrected chi connectivity index (χ1v) is 14.4. The van der Waals surface area contributed by atoms with Gasteiger partial charge in [-0.3, -0.25) is 28.9 Å². The first-order chi connectivity index (χ1) is 18.4. The number of carbonyl (C=O) groups excluding carboxylic acids is 5. The summed E-state index contributed by atoms with van der Waals surface area (Å²) in [4.78, 5) is 68.3. The number of ketones is 4. The quantitative estimate of drug-likeness (QED) is 0.371. The van der Waals surface area contributed by atoms with Crippen LogP contribution >= 0.6 is 11.8 Å². The summed E-state index contributed by atoms with van der Waals surface area (Å²) in [5.41, 5.74) is 2.80. The molecule has 8 atom stereocenters. The smallest absolute Gasteiger partial charge is 0.235 e. The van der Waals surface area contributed by atoms with E-state index in [4.69, 9.17) is 5.73 Å². The van der Waals surface area contributed by atoms with E-state index in [-0.39, 0.29) is 11.3 Å². The molecule has 1 aromatic carbocycles. The van der Waals surface area contributed by atoms with Crippen LogP contribution in [0.1, 0.15) is 53.9 Å². The van der Waals surface area contributed by atoms with Crippen LogP contribution in [-0.4, -0.2) is 92.1 Å². The van der Waals surface area contributed by atoms with Crippen LogP contribution < -0.4 is 5.73 Å². The molecule has 0 radical (unpaired) electrons. The normalized spacial score (nSPS) is 36.9. The highest BCUT2D eigenvalue weighted by molar-refractivity contribution is 7.99. The minimum Gasteiger partial charge on any atom is -0.507 e. The maximum absolute atomic E-state index is 14.1. The van der Waals surface area contributed by atoms with Gasteiger partial charge in [0.05, 0.1) is 29.5 Å². The van der Waals surface area contributed by atoms with E-state index in [1.54, 1.807) is 23.9 Å². The third-order valence-corrected chi connectivity index (χ3v) is 10.7. The SMILES string of the molecule is CN(C)[C@@H]1C(=O)C(C(N)=O)C(=O)[C@@]2(O)C(=O)C3C(=O)c4c(O)cccc4[C@H](CSC4CCCCC4)[C@H]3[C@H](O)[C@@H]12. The van der Waals surface area contributed by atoms with Crippen molar-refractivity contribution in [3.63, 3.8) is 0 Å². The van der Waals surface area contributed by atoms with Gasteiger partial charge in [-0.1, -0.05) is 31.4 Å². The number of rotatable bonds is 5. The summed E-state index contributed by atoms with van der Waals surface area (Å²) >= 11 is 1.69. The van der Waals surface area contributed by atoms with Crippen molar-refractivity contribution in [2.45, 2.75) is 61.0 Å². The lowest BCUT2D eigenvalue weighted by molar-refractivity contribution is -0.196. The molecule has 4 aliphatic rings. The number of aliphatic hydroxyl groups is 2. The number of fused-ring (bicyclic) bond motifs is 3. The molecule has 0 aromatic heterocycles. The second kappa shape index (κ2) is 10.1. The topological polar surface area (TPSA) is 175 Å². The monoisotopic (exact) mass is 558 g/mol. The van der Waals surface area contributed by atoms with Gasteiger partial charge in [0.25, 0.3) is 0 Å². The summed E-state index contributed by atoms with van der Waals surface area (Å²) in [5.74, 6) is -12.4. The lowest BCUT2D eigenvalue weighted by Crippen LogP contribution is -2.77.